The lowest BCUT2D eigenvalue weighted by atomic mass is 9.99. The number of carbonyl (C=O) groups excluding carboxylic acids is 2. The van der Waals surface area contributed by atoms with E-state index in [2.05, 4.69) is 50.3 Å². The second-order valence-electron chi connectivity index (χ2n) is 15.8. The van der Waals surface area contributed by atoms with Crippen LogP contribution in [0, 0.1) is 0 Å². The van der Waals surface area contributed by atoms with Crippen molar-refractivity contribution in [1.29, 1.82) is 0 Å². The predicted octanol–water partition coefficient (Wildman–Crippen LogP) is 9.89. The molecule has 10 heteroatoms. The summed E-state index contributed by atoms with van der Waals surface area (Å²) >= 11 is 0. The van der Waals surface area contributed by atoms with Gasteiger partial charge >= 0.3 is 11.9 Å². The zero-order chi connectivity index (χ0) is 41.6. The van der Waals surface area contributed by atoms with E-state index in [1.807, 2.05) is 0 Å². The summed E-state index contributed by atoms with van der Waals surface area (Å²) in [6.45, 7) is 3.38. The number of rotatable bonds is 38. The van der Waals surface area contributed by atoms with Crippen LogP contribution < -0.4 is 0 Å². The lowest BCUT2D eigenvalue weighted by molar-refractivity contribution is -0.305. The summed E-state index contributed by atoms with van der Waals surface area (Å²) in [5.41, 5.74) is 0. The van der Waals surface area contributed by atoms with Crippen LogP contribution in [0.3, 0.4) is 0 Å². The van der Waals surface area contributed by atoms with E-state index in [-0.39, 0.29) is 32.0 Å². The van der Waals surface area contributed by atoms with Crippen molar-refractivity contribution in [3.05, 3.63) is 36.5 Å². The van der Waals surface area contributed by atoms with E-state index in [9.17, 15) is 30.0 Å². The van der Waals surface area contributed by atoms with Gasteiger partial charge in [-0.15, -0.1) is 0 Å². The summed E-state index contributed by atoms with van der Waals surface area (Å²) in [5, 5.41) is 40.1. The molecule has 1 fully saturated rings. The Kier molecular flexibility index (Phi) is 35.4. The smallest absolute Gasteiger partial charge is 0.306 e. The number of allylic oxidation sites excluding steroid dienone is 6. The highest BCUT2D eigenvalue weighted by atomic mass is 16.7. The molecule has 1 aliphatic rings. The molecule has 0 aromatic carbocycles. The lowest BCUT2D eigenvalue weighted by Gasteiger charge is -2.39. The summed E-state index contributed by atoms with van der Waals surface area (Å²) in [6.07, 6.45) is 35.8. The van der Waals surface area contributed by atoms with Crippen LogP contribution in [0.15, 0.2) is 36.5 Å². The maximum Gasteiger partial charge on any atom is 0.306 e. The fourth-order valence-electron chi connectivity index (χ4n) is 6.80. The molecule has 0 amide bonds. The average molecular weight is 809 g/mol. The van der Waals surface area contributed by atoms with E-state index in [1.165, 1.54) is 103 Å². The molecule has 1 rings (SSSR count). The topological polar surface area (TPSA) is 152 Å². The molecule has 0 aromatic rings. The van der Waals surface area contributed by atoms with Crippen molar-refractivity contribution in [2.24, 2.45) is 0 Å². The standard InChI is InChI=1S/C47H84O10/c1-3-5-7-9-11-13-15-17-19-20-22-23-25-27-29-31-33-35-42(49)54-38-40(39-55-47-46(53)45(52)44(51)41(37-48)57-47)56-43(50)36-34-32-30-28-26-24-21-18-16-14-12-10-8-6-4-2/h17-19,21,26,28,40-41,44-48,51-53H,3-16,20,22-25,27,29-39H2,1-2H3/b19-17+,21-18+,28-26+/t40-,41-,44+,45?,46?,47-/m0/s1. The van der Waals surface area contributed by atoms with Gasteiger partial charge < -0.3 is 39.4 Å². The number of ether oxygens (including phenoxy) is 4. The van der Waals surface area contributed by atoms with Gasteiger partial charge in [-0.05, 0) is 70.6 Å². The third kappa shape index (κ3) is 29.7. The van der Waals surface area contributed by atoms with Gasteiger partial charge in [0.05, 0.1) is 13.2 Å². The second-order valence-corrected chi connectivity index (χ2v) is 15.8. The van der Waals surface area contributed by atoms with E-state index >= 15 is 0 Å². The Morgan fingerprint density at radius 1 is 0.544 bits per heavy atom. The van der Waals surface area contributed by atoms with Crippen molar-refractivity contribution >= 4 is 11.9 Å². The van der Waals surface area contributed by atoms with Crippen molar-refractivity contribution < 1.29 is 49.0 Å². The quantitative estimate of drug-likeness (QED) is 0.0270. The Labute approximate surface area is 346 Å². The van der Waals surface area contributed by atoms with Gasteiger partial charge in [-0.25, -0.2) is 0 Å². The van der Waals surface area contributed by atoms with Crippen molar-refractivity contribution in [3.63, 3.8) is 0 Å². The molecule has 6 atom stereocenters. The lowest BCUT2D eigenvalue weighted by Crippen LogP contribution is -2.59. The van der Waals surface area contributed by atoms with E-state index in [1.54, 1.807) is 0 Å². The molecule has 0 radical (unpaired) electrons. The van der Waals surface area contributed by atoms with Crippen LogP contribution in [0.2, 0.25) is 0 Å². The van der Waals surface area contributed by atoms with Gasteiger partial charge in [0.2, 0.25) is 0 Å². The van der Waals surface area contributed by atoms with Crippen LogP contribution in [0.25, 0.3) is 0 Å². The van der Waals surface area contributed by atoms with Crippen LogP contribution >= 0.6 is 0 Å². The molecule has 0 spiro atoms. The minimum atomic E-state index is -1.60. The van der Waals surface area contributed by atoms with E-state index in [0.717, 1.165) is 57.8 Å². The monoisotopic (exact) mass is 809 g/mol. The Morgan fingerprint density at radius 2 is 0.982 bits per heavy atom. The molecule has 1 aliphatic heterocycles. The fourth-order valence-corrected chi connectivity index (χ4v) is 6.80. The Balaban J connectivity index is 2.34. The molecule has 0 aromatic heterocycles. The van der Waals surface area contributed by atoms with E-state index in [4.69, 9.17) is 18.9 Å². The summed E-state index contributed by atoms with van der Waals surface area (Å²) in [5.74, 6) is -0.847. The predicted molar refractivity (Wildman–Crippen MR) is 229 cm³/mol. The number of carbonyl (C=O) groups is 2. The summed E-state index contributed by atoms with van der Waals surface area (Å²) < 4.78 is 22.1. The number of hydrogen-bond donors (Lipinski definition) is 4. The molecule has 1 heterocycles. The van der Waals surface area contributed by atoms with E-state index in [0.29, 0.717) is 6.42 Å². The van der Waals surface area contributed by atoms with Gasteiger partial charge in [0, 0.05) is 12.8 Å². The van der Waals surface area contributed by atoms with Crippen molar-refractivity contribution in [2.75, 3.05) is 19.8 Å². The number of hydrogen-bond acceptors (Lipinski definition) is 10. The first-order chi connectivity index (χ1) is 27.8. The van der Waals surface area contributed by atoms with Gasteiger partial charge in [0.1, 0.15) is 31.0 Å². The Morgan fingerprint density at radius 3 is 1.51 bits per heavy atom. The van der Waals surface area contributed by atoms with E-state index < -0.39 is 49.4 Å². The molecule has 1 saturated heterocycles. The van der Waals surface area contributed by atoms with Crippen molar-refractivity contribution in [2.45, 2.75) is 230 Å². The third-order valence-electron chi connectivity index (χ3n) is 10.5. The molecule has 0 bridgehead atoms. The molecular formula is C47H84O10. The maximum atomic E-state index is 12.8. The number of aliphatic hydroxyl groups excluding tert-OH is 4. The number of esters is 2. The van der Waals surface area contributed by atoms with Crippen LogP contribution in [0.1, 0.15) is 194 Å². The Bertz CT molecular complexity index is 1030. The maximum absolute atomic E-state index is 12.8. The normalized spacial score (nSPS) is 20.6. The molecule has 332 valence electrons. The van der Waals surface area contributed by atoms with Gasteiger partial charge in [0.15, 0.2) is 12.4 Å². The molecular weight excluding hydrogens is 725 g/mol. The number of aliphatic hydroxyl groups is 4. The number of unbranched alkanes of at least 4 members (excludes halogenated alkanes) is 21. The molecule has 10 nitrogen and oxygen atoms in total. The first-order valence-electron chi connectivity index (χ1n) is 23.1. The summed E-state index contributed by atoms with van der Waals surface area (Å²) in [6, 6.07) is 0. The van der Waals surface area contributed by atoms with Gasteiger partial charge in [-0.1, -0.05) is 147 Å². The highest BCUT2D eigenvalue weighted by Gasteiger charge is 2.44. The SMILES string of the molecule is CCCCCCCC/C=C/C/C=C/CCCCC(=O)O[C@@H](COC(=O)CCCCCCCCC/C=C/CCCCCCCC)CO[C@H]1O[C@@H](CO)[C@@H](O)C(O)C1O. The Hall–Kier alpha value is -2.08. The van der Waals surface area contributed by atoms with Crippen molar-refractivity contribution in [3.8, 4) is 0 Å². The van der Waals surface area contributed by atoms with Crippen LogP contribution in [0.4, 0.5) is 0 Å². The largest absolute Gasteiger partial charge is 0.462 e. The minimum absolute atomic E-state index is 0.187. The minimum Gasteiger partial charge on any atom is -0.462 e. The molecule has 4 N–H and O–H groups in total. The highest BCUT2D eigenvalue weighted by Crippen LogP contribution is 2.22. The first-order valence-corrected chi connectivity index (χ1v) is 23.1. The van der Waals surface area contributed by atoms with Gasteiger partial charge in [-0.2, -0.15) is 0 Å². The average Bonchev–Trinajstić information content (AvgIpc) is 3.21. The summed E-state index contributed by atoms with van der Waals surface area (Å²) in [7, 11) is 0. The fraction of sp³-hybridized carbons (Fsp3) is 0.830. The van der Waals surface area contributed by atoms with Crippen LogP contribution in [-0.2, 0) is 28.5 Å². The zero-order valence-electron chi connectivity index (χ0n) is 36.1. The van der Waals surface area contributed by atoms with Crippen LogP contribution in [-0.4, -0.2) is 89.0 Å². The highest BCUT2D eigenvalue weighted by molar-refractivity contribution is 5.70. The molecule has 0 saturated carbocycles. The molecule has 57 heavy (non-hydrogen) atoms. The van der Waals surface area contributed by atoms with Crippen LogP contribution in [0.5, 0.6) is 0 Å². The second kappa shape index (κ2) is 38.1. The first kappa shape index (κ1) is 52.9. The summed E-state index contributed by atoms with van der Waals surface area (Å²) in [4.78, 5) is 25.3. The van der Waals surface area contributed by atoms with Crippen molar-refractivity contribution in [1.82, 2.24) is 0 Å². The van der Waals surface area contributed by atoms with Gasteiger partial charge in [0.25, 0.3) is 0 Å². The van der Waals surface area contributed by atoms with Gasteiger partial charge in [-0.3, -0.25) is 9.59 Å². The molecule has 2 unspecified atom stereocenters. The molecule has 0 aliphatic carbocycles. The third-order valence-corrected chi connectivity index (χ3v) is 10.5. The zero-order valence-corrected chi connectivity index (χ0v) is 36.1.